The van der Waals surface area contributed by atoms with E-state index in [2.05, 4.69) is 41.4 Å². The molecule has 0 unspecified atom stereocenters. The fourth-order valence-corrected chi connectivity index (χ4v) is 1.80. The molecule has 0 amide bonds. The number of halogens is 1. The summed E-state index contributed by atoms with van der Waals surface area (Å²) in [6, 6.07) is 0. The number of aromatic nitrogens is 2. The van der Waals surface area contributed by atoms with Crippen LogP contribution in [0.1, 0.15) is 0 Å². The molecule has 0 atom stereocenters. The van der Waals surface area contributed by atoms with E-state index in [-0.39, 0.29) is 0 Å². The largest absolute Gasteiger partial charge is 0.378 e. The molecule has 0 saturated carbocycles. The van der Waals surface area contributed by atoms with Crippen LogP contribution in [0.3, 0.4) is 0 Å². The van der Waals surface area contributed by atoms with Crippen molar-refractivity contribution in [2.75, 3.05) is 58.1 Å². The third-order valence-electron chi connectivity index (χ3n) is 2.25. The maximum Gasteiger partial charge on any atom is 0.146 e. The molecule has 0 spiro atoms. The fraction of sp³-hybridized carbons (Fsp3) is 0.636. The normalized spacial score (nSPS) is 10.7. The number of nitrogens with zero attached hydrogens (tertiary/aromatic N) is 3. The van der Waals surface area contributed by atoms with E-state index in [0.717, 1.165) is 29.3 Å². The van der Waals surface area contributed by atoms with Crippen LogP contribution in [0.15, 0.2) is 10.8 Å². The van der Waals surface area contributed by atoms with E-state index in [4.69, 9.17) is 4.74 Å². The Kier molecular flexibility index (Phi) is 6.92. The van der Waals surface area contributed by atoms with Gasteiger partial charge in [0.2, 0.25) is 0 Å². The molecular formula is C11H20BrN5O. The Morgan fingerprint density at radius 3 is 2.67 bits per heavy atom. The Hall–Kier alpha value is -0.920. The van der Waals surface area contributed by atoms with Crippen molar-refractivity contribution >= 4 is 27.6 Å². The molecule has 102 valence electrons. The van der Waals surface area contributed by atoms with Crippen molar-refractivity contribution in [3.05, 3.63) is 10.8 Å². The van der Waals surface area contributed by atoms with Gasteiger partial charge in [0.15, 0.2) is 0 Å². The number of likely N-dealkylation sites (N-methyl/N-ethyl adjacent to an activating group) is 1. The highest BCUT2D eigenvalue weighted by atomic mass is 79.9. The Bertz CT molecular complexity index is 361. The summed E-state index contributed by atoms with van der Waals surface area (Å²) >= 11 is 3.45. The predicted molar refractivity (Wildman–Crippen MR) is 77.1 cm³/mol. The highest BCUT2D eigenvalue weighted by molar-refractivity contribution is 9.10. The molecular weight excluding hydrogens is 298 g/mol. The topological polar surface area (TPSA) is 62.3 Å². The van der Waals surface area contributed by atoms with Gasteiger partial charge >= 0.3 is 0 Å². The highest BCUT2D eigenvalue weighted by Crippen LogP contribution is 2.25. The molecule has 0 aliphatic rings. The number of ether oxygens (including phenoxy) is 1. The molecule has 0 fully saturated rings. The van der Waals surface area contributed by atoms with Crippen molar-refractivity contribution in [2.24, 2.45) is 0 Å². The number of hydrogen-bond acceptors (Lipinski definition) is 6. The summed E-state index contributed by atoms with van der Waals surface area (Å²) in [6.07, 6.45) is 1.52. The summed E-state index contributed by atoms with van der Waals surface area (Å²) in [6.45, 7) is 3.04. The lowest BCUT2D eigenvalue weighted by molar-refractivity contribution is 0.126. The van der Waals surface area contributed by atoms with Crippen molar-refractivity contribution in [3.63, 3.8) is 0 Å². The first-order chi connectivity index (χ1) is 8.65. The average molecular weight is 318 g/mol. The molecule has 7 heteroatoms. The van der Waals surface area contributed by atoms with Gasteiger partial charge in [0, 0.05) is 20.1 Å². The molecule has 18 heavy (non-hydrogen) atoms. The lowest BCUT2D eigenvalue weighted by Crippen LogP contribution is -2.20. The summed E-state index contributed by atoms with van der Waals surface area (Å²) in [5.74, 6) is 1.53. The summed E-state index contributed by atoms with van der Waals surface area (Å²) in [4.78, 5) is 10.3. The van der Waals surface area contributed by atoms with Crippen LogP contribution in [0.2, 0.25) is 0 Å². The van der Waals surface area contributed by atoms with Gasteiger partial charge in [-0.3, -0.25) is 0 Å². The van der Waals surface area contributed by atoms with Gasteiger partial charge in [0.1, 0.15) is 22.4 Å². The summed E-state index contributed by atoms with van der Waals surface area (Å²) in [5, 5.41) is 6.18. The molecule has 1 aromatic rings. The van der Waals surface area contributed by atoms with E-state index in [9.17, 15) is 0 Å². The van der Waals surface area contributed by atoms with Gasteiger partial charge in [-0.1, -0.05) is 0 Å². The van der Waals surface area contributed by atoms with Gasteiger partial charge in [0.25, 0.3) is 0 Å². The number of rotatable bonds is 8. The zero-order chi connectivity index (χ0) is 13.4. The Balaban J connectivity index is 2.27. The van der Waals surface area contributed by atoms with Gasteiger partial charge in [-0.25, -0.2) is 9.97 Å². The first-order valence-electron chi connectivity index (χ1n) is 5.79. The summed E-state index contributed by atoms with van der Waals surface area (Å²) in [5.41, 5.74) is 0. The molecule has 0 aliphatic heterocycles. The van der Waals surface area contributed by atoms with Crippen LogP contribution in [0.4, 0.5) is 11.6 Å². The SMILES string of the molecule is CNc1ncnc(NCCOCCN(C)C)c1Br. The van der Waals surface area contributed by atoms with Gasteiger partial charge in [0.05, 0.1) is 13.2 Å². The summed E-state index contributed by atoms with van der Waals surface area (Å²) in [7, 11) is 5.87. The van der Waals surface area contributed by atoms with Crippen molar-refractivity contribution in [3.8, 4) is 0 Å². The minimum absolute atomic E-state index is 0.652. The molecule has 0 aliphatic carbocycles. The lowest BCUT2D eigenvalue weighted by atomic mass is 10.5. The summed E-state index contributed by atoms with van der Waals surface area (Å²) < 4.78 is 6.32. The van der Waals surface area contributed by atoms with Crippen molar-refractivity contribution in [2.45, 2.75) is 0 Å². The lowest BCUT2D eigenvalue weighted by Gasteiger charge is -2.11. The van der Waals surface area contributed by atoms with Gasteiger partial charge in [-0.2, -0.15) is 0 Å². The van der Waals surface area contributed by atoms with E-state index in [1.807, 2.05) is 21.1 Å². The first-order valence-corrected chi connectivity index (χ1v) is 6.59. The fourth-order valence-electron chi connectivity index (χ4n) is 1.26. The molecule has 0 saturated heterocycles. The molecule has 2 N–H and O–H groups in total. The standard InChI is InChI=1S/C11H20BrN5O/c1-13-10-9(12)11(16-8-15-10)14-4-6-18-7-5-17(2)3/h8H,4-7H2,1-3H3,(H2,13,14,15,16). The van der Waals surface area contributed by atoms with Crippen molar-refractivity contribution < 1.29 is 4.74 Å². The van der Waals surface area contributed by atoms with Gasteiger partial charge < -0.3 is 20.3 Å². The number of nitrogens with one attached hydrogen (secondary N) is 2. The Morgan fingerprint density at radius 2 is 2.00 bits per heavy atom. The Labute approximate surface area is 116 Å². The molecule has 6 nitrogen and oxygen atoms in total. The smallest absolute Gasteiger partial charge is 0.146 e. The minimum atomic E-state index is 0.652. The van der Waals surface area contributed by atoms with E-state index >= 15 is 0 Å². The van der Waals surface area contributed by atoms with Crippen LogP contribution in [-0.2, 0) is 4.74 Å². The van der Waals surface area contributed by atoms with E-state index in [1.165, 1.54) is 6.33 Å². The van der Waals surface area contributed by atoms with Crippen LogP contribution in [-0.4, -0.2) is 62.3 Å². The monoisotopic (exact) mass is 317 g/mol. The van der Waals surface area contributed by atoms with E-state index < -0.39 is 0 Å². The first kappa shape index (κ1) is 15.1. The second-order valence-electron chi connectivity index (χ2n) is 3.98. The predicted octanol–water partition coefficient (Wildman–Crippen LogP) is 1.27. The maximum absolute atomic E-state index is 5.48. The third kappa shape index (κ3) is 5.16. The average Bonchev–Trinajstić information content (AvgIpc) is 2.35. The molecule has 1 rings (SSSR count). The quantitative estimate of drug-likeness (QED) is 0.704. The molecule has 0 aromatic carbocycles. The van der Waals surface area contributed by atoms with E-state index in [1.54, 1.807) is 0 Å². The Morgan fingerprint density at radius 1 is 1.28 bits per heavy atom. The third-order valence-corrected chi connectivity index (χ3v) is 3.00. The number of hydrogen-bond donors (Lipinski definition) is 2. The van der Waals surface area contributed by atoms with Crippen molar-refractivity contribution in [1.29, 1.82) is 0 Å². The highest BCUT2D eigenvalue weighted by Gasteiger charge is 2.06. The minimum Gasteiger partial charge on any atom is -0.378 e. The second kappa shape index (κ2) is 8.23. The van der Waals surface area contributed by atoms with Crippen LogP contribution < -0.4 is 10.6 Å². The molecule has 1 aromatic heterocycles. The molecule has 0 bridgehead atoms. The zero-order valence-electron chi connectivity index (χ0n) is 11.0. The van der Waals surface area contributed by atoms with E-state index in [0.29, 0.717) is 13.2 Å². The number of anilines is 2. The maximum atomic E-state index is 5.48. The van der Waals surface area contributed by atoms with Crippen molar-refractivity contribution in [1.82, 2.24) is 14.9 Å². The second-order valence-corrected chi connectivity index (χ2v) is 4.77. The van der Waals surface area contributed by atoms with Gasteiger partial charge in [-0.05, 0) is 30.0 Å². The van der Waals surface area contributed by atoms with Crippen LogP contribution >= 0.6 is 15.9 Å². The molecule has 0 radical (unpaired) electrons. The van der Waals surface area contributed by atoms with Crippen LogP contribution in [0.5, 0.6) is 0 Å². The van der Waals surface area contributed by atoms with Crippen LogP contribution in [0, 0.1) is 0 Å². The van der Waals surface area contributed by atoms with Crippen LogP contribution in [0.25, 0.3) is 0 Å². The zero-order valence-corrected chi connectivity index (χ0v) is 12.6. The molecule has 1 heterocycles. The van der Waals surface area contributed by atoms with Gasteiger partial charge in [-0.15, -0.1) is 0 Å².